The van der Waals surface area contributed by atoms with Crippen molar-refractivity contribution in [3.05, 3.63) is 77.8 Å². The van der Waals surface area contributed by atoms with E-state index in [0.29, 0.717) is 5.69 Å². The molecule has 4 rings (SSSR count). The second-order valence-electron chi connectivity index (χ2n) is 5.98. The molecule has 1 amide bonds. The van der Waals surface area contributed by atoms with Gasteiger partial charge in [0.1, 0.15) is 11.5 Å². The van der Waals surface area contributed by atoms with Crippen molar-refractivity contribution < 1.29 is 13.6 Å². The van der Waals surface area contributed by atoms with E-state index in [9.17, 15) is 13.6 Å². The molecule has 0 atom stereocenters. The van der Waals surface area contributed by atoms with E-state index in [1.54, 1.807) is 6.07 Å². The van der Waals surface area contributed by atoms with Gasteiger partial charge in [-0.1, -0.05) is 0 Å². The SMILES string of the molecule is Cc1cc2cc(NC(=O)c3cnn(-c4ccc(F)cc4F)c3)ccc2[nH]1. The van der Waals surface area contributed by atoms with Crippen LogP contribution < -0.4 is 5.32 Å². The van der Waals surface area contributed by atoms with Crippen LogP contribution in [0.5, 0.6) is 0 Å². The lowest BCUT2D eigenvalue weighted by Gasteiger charge is -2.04. The van der Waals surface area contributed by atoms with Gasteiger partial charge in [-0.2, -0.15) is 5.10 Å². The summed E-state index contributed by atoms with van der Waals surface area (Å²) in [4.78, 5) is 15.6. The fourth-order valence-electron chi connectivity index (χ4n) is 2.80. The Labute approximate surface area is 147 Å². The quantitative estimate of drug-likeness (QED) is 0.581. The lowest BCUT2D eigenvalue weighted by atomic mass is 10.2. The molecule has 0 fully saturated rings. The molecule has 26 heavy (non-hydrogen) atoms. The van der Waals surface area contributed by atoms with Crippen molar-refractivity contribution >= 4 is 22.5 Å². The summed E-state index contributed by atoms with van der Waals surface area (Å²) in [5, 5.41) is 7.76. The summed E-state index contributed by atoms with van der Waals surface area (Å²) >= 11 is 0. The Kier molecular flexibility index (Phi) is 3.76. The minimum absolute atomic E-state index is 0.0645. The highest BCUT2D eigenvalue weighted by atomic mass is 19.1. The van der Waals surface area contributed by atoms with E-state index in [1.165, 1.54) is 23.1 Å². The molecule has 2 N–H and O–H groups in total. The van der Waals surface area contributed by atoms with Gasteiger partial charge in [0, 0.05) is 34.5 Å². The van der Waals surface area contributed by atoms with Crippen LogP contribution in [0.4, 0.5) is 14.5 Å². The lowest BCUT2D eigenvalue weighted by Crippen LogP contribution is -2.11. The predicted octanol–water partition coefficient (Wildman–Crippen LogP) is 4.19. The Morgan fingerprint density at radius 3 is 2.81 bits per heavy atom. The summed E-state index contributed by atoms with van der Waals surface area (Å²) < 4.78 is 28.1. The number of anilines is 1. The molecule has 0 saturated heterocycles. The average Bonchev–Trinajstić information content (AvgIpc) is 3.20. The summed E-state index contributed by atoms with van der Waals surface area (Å²) in [7, 11) is 0. The number of rotatable bonds is 3. The van der Waals surface area contributed by atoms with E-state index >= 15 is 0 Å². The maximum atomic E-state index is 13.8. The number of H-pyrrole nitrogens is 1. The number of nitrogens with zero attached hydrogens (tertiary/aromatic N) is 2. The lowest BCUT2D eigenvalue weighted by molar-refractivity contribution is 0.102. The molecule has 5 nitrogen and oxygen atoms in total. The number of carbonyl (C=O) groups is 1. The zero-order chi connectivity index (χ0) is 18.3. The molecule has 2 heterocycles. The Morgan fingerprint density at radius 2 is 2.00 bits per heavy atom. The van der Waals surface area contributed by atoms with Crippen LogP contribution in [0, 0.1) is 18.6 Å². The monoisotopic (exact) mass is 352 g/mol. The molecule has 7 heteroatoms. The van der Waals surface area contributed by atoms with Crippen molar-refractivity contribution in [2.75, 3.05) is 5.32 Å². The van der Waals surface area contributed by atoms with E-state index in [2.05, 4.69) is 15.4 Å². The first-order chi connectivity index (χ1) is 12.5. The van der Waals surface area contributed by atoms with Gasteiger partial charge in [-0.15, -0.1) is 0 Å². The standard InChI is InChI=1S/C19H14F2N4O/c1-11-6-12-7-15(3-4-17(12)23-11)24-19(26)13-9-22-25(10-13)18-5-2-14(20)8-16(18)21/h2-10,23H,1H3,(H,24,26). The van der Waals surface area contributed by atoms with Crippen molar-refractivity contribution in [2.24, 2.45) is 0 Å². The van der Waals surface area contributed by atoms with Crippen LogP contribution in [-0.2, 0) is 0 Å². The summed E-state index contributed by atoms with van der Waals surface area (Å²) in [5.74, 6) is -1.80. The molecule has 0 spiro atoms. The van der Waals surface area contributed by atoms with E-state index < -0.39 is 11.6 Å². The Morgan fingerprint density at radius 1 is 1.15 bits per heavy atom. The van der Waals surface area contributed by atoms with E-state index in [1.807, 2.05) is 25.1 Å². The van der Waals surface area contributed by atoms with Gasteiger partial charge in [-0.05, 0) is 43.3 Å². The summed E-state index contributed by atoms with van der Waals surface area (Å²) in [6, 6.07) is 10.7. The molecule has 0 radical (unpaired) electrons. The van der Waals surface area contributed by atoms with E-state index in [4.69, 9.17) is 0 Å². The Bertz CT molecular complexity index is 1130. The number of hydrogen-bond acceptors (Lipinski definition) is 2. The molecule has 0 saturated carbocycles. The number of fused-ring (bicyclic) bond motifs is 1. The predicted molar refractivity (Wildman–Crippen MR) is 94.5 cm³/mol. The molecule has 2 aromatic carbocycles. The highest BCUT2D eigenvalue weighted by molar-refractivity contribution is 6.04. The third-order valence-corrected chi connectivity index (χ3v) is 4.01. The van der Waals surface area contributed by atoms with Gasteiger partial charge in [0.2, 0.25) is 0 Å². The largest absolute Gasteiger partial charge is 0.359 e. The zero-order valence-electron chi connectivity index (χ0n) is 13.8. The topological polar surface area (TPSA) is 62.7 Å². The van der Waals surface area contributed by atoms with Crippen LogP contribution in [-0.4, -0.2) is 20.7 Å². The molecule has 0 aliphatic rings. The van der Waals surface area contributed by atoms with Crippen molar-refractivity contribution in [1.82, 2.24) is 14.8 Å². The third-order valence-electron chi connectivity index (χ3n) is 4.01. The maximum Gasteiger partial charge on any atom is 0.258 e. The Balaban J connectivity index is 1.57. The number of nitrogens with one attached hydrogen (secondary N) is 2. The number of halogens is 2. The average molecular weight is 352 g/mol. The summed E-state index contributed by atoms with van der Waals surface area (Å²) in [6.45, 7) is 1.96. The number of hydrogen-bond donors (Lipinski definition) is 2. The molecular formula is C19H14F2N4O. The van der Waals surface area contributed by atoms with Crippen molar-refractivity contribution in [3.63, 3.8) is 0 Å². The van der Waals surface area contributed by atoms with Crippen LogP contribution in [0.2, 0.25) is 0 Å². The van der Waals surface area contributed by atoms with Gasteiger partial charge < -0.3 is 10.3 Å². The smallest absolute Gasteiger partial charge is 0.258 e. The van der Waals surface area contributed by atoms with Crippen LogP contribution in [0.3, 0.4) is 0 Å². The maximum absolute atomic E-state index is 13.8. The number of benzene rings is 2. The minimum atomic E-state index is -0.756. The Hall–Kier alpha value is -3.48. The van der Waals surface area contributed by atoms with Crippen molar-refractivity contribution in [2.45, 2.75) is 6.92 Å². The number of aryl methyl sites for hydroxylation is 1. The fourth-order valence-corrected chi connectivity index (χ4v) is 2.80. The van der Waals surface area contributed by atoms with Crippen LogP contribution in [0.1, 0.15) is 16.1 Å². The van der Waals surface area contributed by atoms with Crippen molar-refractivity contribution in [1.29, 1.82) is 0 Å². The highest BCUT2D eigenvalue weighted by Crippen LogP contribution is 2.21. The van der Waals surface area contributed by atoms with Gasteiger partial charge in [0.15, 0.2) is 5.82 Å². The molecule has 2 aromatic heterocycles. The van der Waals surface area contributed by atoms with Crippen LogP contribution in [0.25, 0.3) is 16.6 Å². The van der Waals surface area contributed by atoms with Gasteiger partial charge in [-0.3, -0.25) is 4.79 Å². The fraction of sp³-hybridized carbons (Fsp3) is 0.0526. The van der Waals surface area contributed by atoms with Gasteiger partial charge in [-0.25, -0.2) is 13.5 Å². The second-order valence-corrected chi connectivity index (χ2v) is 5.98. The number of aromatic nitrogens is 3. The van der Waals surface area contributed by atoms with Crippen LogP contribution >= 0.6 is 0 Å². The molecule has 4 aromatic rings. The molecule has 130 valence electrons. The van der Waals surface area contributed by atoms with Crippen molar-refractivity contribution in [3.8, 4) is 5.69 Å². The number of carbonyl (C=O) groups excluding carboxylic acids is 1. The summed E-state index contributed by atoms with van der Waals surface area (Å²) in [5.41, 5.74) is 2.99. The first-order valence-electron chi connectivity index (χ1n) is 7.90. The number of aromatic amines is 1. The first-order valence-corrected chi connectivity index (χ1v) is 7.90. The molecule has 0 aliphatic heterocycles. The normalized spacial score (nSPS) is 11.0. The molecule has 0 bridgehead atoms. The first kappa shape index (κ1) is 16.0. The van der Waals surface area contributed by atoms with Gasteiger partial charge >= 0.3 is 0 Å². The molecule has 0 unspecified atom stereocenters. The van der Waals surface area contributed by atoms with E-state index in [-0.39, 0.29) is 17.2 Å². The highest BCUT2D eigenvalue weighted by Gasteiger charge is 2.13. The number of amides is 1. The third kappa shape index (κ3) is 2.95. The molecule has 0 aliphatic carbocycles. The zero-order valence-corrected chi connectivity index (χ0v) is 13.8. The minimum Gasteiger partial charge on any atom is -0.359 e. The van der Waals surface area contributed by atoms with Gasteiger partial charge in [0.05, 0.1) is 11.8 Å². The van der Waals surface area contributed by atoms with Crippen LogP contribution in [0.15, 0.2) is 54.9 Å². The molecular weight excluding hydrogens is 338 g/mol. The van der Waals surface area contributed by atoms with E-state index in [0.717, 1.165) is 28.7 Å². The second kappa shape index (κ2) is 6.11. The van der Waals surface area contributed by atoms with Gasteiger partial charge in [0.25, 0.3) is 5.91 Å². The summed E-state index contributed by atoms with van der Waals surface area (Å²) in [6.07, 6.45) is 2.72.